The Hall–Kier alpha value is -1.49. The van der Waals surface area contributed by atoms with Gasteiger partial charge in [0.2, 0.25) is 0 Å². The maximum absolute atomic E-state index is 9.07. The minimum atomic E-state index is -0.466. The SMILES string of the molecule is CCCc1ccc(N(C)C(C)(C)C#N)cc1. The zero-order chi connectivity index (χ0) is 12.2. The molecule has 0 aliphatic carbocycles. The van der Waals surface area contributed by atoms with Gasteiger partial charge in [-0.15, -0.1) is 0 Å². The molecule has 0 aliphatic rings. The second-order valence-electron chi connectivity index (χ2n) is 4.65. The molecule has 1 aromatic rings. The number of hydrogen-bond donors (Lipinski definition) is 0. The molecule has 0 atom stereocenters. The minimum Gasteiger partial charge on any atom is -0.357 e. The van der Waals surface area contributed by atoms with Gasteiger partial charge in [0.1, 0.15) is 5.54 Å². The first-order valence-corrected chi connectivity index (χ1v) is 5.75. The third-order valence-corrected chi connectivity index (χ3v) is 2.97. The molecule has 0 fully saturated rings. The summed E-state index contributed by atoms with van der Waals surface area (Å²) in [4.78, 5) is 2.00. The van der Waals surface area contributed by atoms with Gasteiger partial charge in [-0.25, -0.2) is 0 Å². The lowest BCUT2D eigenvalue weighted by atomic mass is 10.0. The molecule has 0 amide bonds. The lowest BCUT2D eigenvalue weighted by Gasteiger charge is -2.31. The van der Waals surface area contributed by atoms with E-state index >= 15 is 0 Å². The first-order valence-electron chi connectivity index (χ1n) is 5.75. The number of aryl methyl sites for hydroxylation is 1. The summed E-state index contributed by atoms with van der Waals surface area (Å²) in [5.74, 6) is 0. The molecule has 2 heteroatoms. The van der Waals surface area contributed by atoms with Crippen LogP contribution in [0, 0.1) is 11.3 Å². The molecule has 0 bridgehead atoms. The fourth-order valence-corrected chi connectivity index (χ4v) is 1.57. The Kier molecular flexibility index (Phi) is 3.95. The van der Waals surface area contributed by atoms with Crippen LogP contribution in [0.4, 0.5) is 5.69 Å². The zero-order valence-corrected chi connectivity index (χ0v) is 10.6. The molecule has 0 unspecified atom stereocenters. The summed E-state index contributed by atoms with van der Waals surface area (Å²) in [5.41, 5.74) is 1.98. The third-order valence-electron chi connectivity index (χ3n) is 2.97. The second kappa shape index (κ2) is 5.03. The zero-order valence-electron chi connectivity index (χ0n) is 10.6. The average molecular weight is 216 g/mol. The molecule has 0 radical (unpaired) electrons. The summed E-state index contributed by atoms with van der Waals surface area (Å²) in [6.07, 6.45) is 2.28. The number of anilines is 1. The van der Waals surface area contributed by atoms with Crippen LogP contribution in [0.1, 0.15) is 32.8 Å². The standard InChI is InChI=1S/C14H20N2/c1-5-6-12-7-9-13(10-8-12)16(4)14(2,3)11-15/h7-10H,5-6H2,1-4H3. The molecule has 2 nitrogen and oxygen atoms in total. The van der Waals surface area contributed by atoms with Crippen LogP contribution in [-0.4, -0.2) is 12.6 Å². The smallest absolute Gasteiger partial charge is 0.121 e. The van der Waals surface area contributed by atoms with E-state index in [4.69, 9.17) is 5.26 Å². The van der Waals surface area contributed by atoms with Crippen LogP contribution in [0.15, 0.2) is 24.3 Å². The van der Waals surface area contributed by atoms with Gasteiger partial charge in [-0.2, -0.15) is 5.26 Å². The quantitative estimate of drug-likeness (QED) is 0.771. The highest BCUT2D eigenvalue weighted by molar-refractivity contribution is 5.50. The van der Waals surface area contributed by atoms with Crippen molar-refractivity contribution in [3.63, 3.8) is 0 Å². The molecular formula is C14H20N2. The number of nitrogens with zero attached hydrogens (tertiary/aromatic N) is 2. The molecule has 1 aromatic carbocycles. The molecule has 0 aliphatic heterocycles. The summed E-state index contributed by atoms with van der Waals surface area (Å²) in [6, 6.07) is 10.8. The summed E-state index contributed by atoms with van der Waals surface area (Å²) in [5, 5.41) is 9.07. The highest BCUT2D eigenvalue weighted by atomic mass is 15.2. The molecular weight excluding hydrogens is 196 g/mol. The Bertz CT molecular complexity index is 371. The fraction of sp³-hybridized carbons (Fsp3) is 0.500. The van der Waals surface area contributed by atoms with Crippen LogP contribution in [0.25, 0.3) is 0 Å². The van der Waals surface area contributed by atoms with Crippen LogP contribution in [0.2, 0.25) is 0 Å². The highest BCUT2D eigenvalue weighted by Gasteiger charge is 2.22. The predicted octanol–water partition coefficient (Wildman–Crippen LogP) is 3.38. The van der Waals surface area contributed by atoms with E-state index in [0.29, 0.717) is 0 Å². The predicted molar refractivity (Wildman–Crippen MR) is 68.5 cm³/mol. The molecule has 0 saturated carbocycles. The number of hydrogen-bond acceptors (Lipinski definition) is 2. The largest absolute Gasteiger partial charge is 0.357 e. The summed E-state index contributed by atoms with van der Waals surface area (Å²) in [6.45, 7) is 6.03. The van der Waals surface area contributed by atoms with E-state index < -0.39 is 5.54 Å². The van der Waals surface area contributed by atoms with E-state index in [1.165, 1.54) is 12.0 Å². The van der Waals surface area contributed by atoms with Crippen LogP contribution >= 0.6 is 0 Å². The molecule has 0 saturated heterocycles. The van der Waals surface area contributed by atoms with Crippen LogP contribution in [-0.2, 0) is 6.42 Å². The molecule has 0 N–H and O–H groups in total. The topological polar surface area (TPSA) is 27.0 Å². The van der Waals surface area contributed by atoms with Gasteiger partial charge in [0.05, 0.1) is 6.07 Å². The van der Waals surface area contributed by atoms with E-state index in [1.807, 2.05) is 25.8 Å². The van der Waals surface area contributed by atoms with Crippen molar-refractivity contribution in [2.45, 2.75) is 39.2 Å². The Labute approximate surface area is 98.5 Å². The van der Waals surface area contributed by atoms with Gasteiger partial charge in [0.25, 0.3) is 0 Å². The van der Waals surface area contributed by atoms with Gasteiger partial charge in [-0.1, -0.05) is 25.5 Å². The lowest BCUT2D eigenvalue weighted by molar-refractivity contribution is 0.617. The number of rotatable bonds is 4. The molecule has 16 heavy (non-hydrogen) atoms. The minimum absolute atomic E-state index is 0.466. The van der Waals surface area contributed by atoms with Crippen molar-refractivity contribution >= 4 is 5.69 Å². The summed E-state index contributed by atoms with van der Waals surface area (Å²) >= 11 is 0. The fourth-order valence-electron chi connectivity index (χ4n) is 1.57. The summed E-state index contributed by atoms with van der Waals surface area (Å²) < 4.78 is 0. The monoisotopic (exact) mass is 216 g/mol. The van der Waals surface area contributed by atoms with Crippen molar-refractivity contribution in [3.8, 4) is 6.07 Å². The highest BCUT2D eigenvalue weighted by Crippen LogP contribution is 2.22. The van der Waals surface area contributed by atoms with E-state index in [9.17, 15) is 0 Å². The van der Waals surface area contributed by atoms with Crippen molar-refractivity contribution in [1.82, 2.24) is 0 Å². The van der Waals surface area contributed by atoms with Gasteiger partial charge in [-0.05, 0) is 38.0 Å². The van der Waals surface area contributed by atoms with Gasteiger partial charge < -0.3 is 4.90 Å². The number of nitriles is 1. The Morgan fingerprint density at radius 3 is 2.25 bits per heavy atom. The van der Waals surface area contributed by atoms with E-state index in [-0.39, 0.29) is 0 Å². The molecule has 0 heterocycles. The first-order chi connectivity index (χ1) is 7.51. The molecule has 1 rings (SSSR count). The third kappa shape index (κ3) is 2.76. The van der Waals surface area contributed by atoms with Gasteiger partial charge in [-0.3, -0.25) is 0 Å². The first kappa shape index (κ1) is 12.6. The normalized spacial score (nSPS) is 10.9. The van der Waals surface area contributed by atoms with E-state index in [2.05, 4.69) is 37.3 Å². The second-order valence-corrected chi connectivity index (χ2v) is 4.65. The van der Waals surface area contributed by atoms with Crippen molar-refractivity contribution in [3.05, 3.63) is 29.8 Å². The van der Waals surface area contributed by atoms with E-state index in [1.54, 1.807) is 0 Å². The Morgan fingerprint density at radius 2 is 1.81 bits per heavy atom. The average Bonchev–Trinajstić information content (AvgIpc) is 2.29. The van der Waals surface area contributed by atoms with Crippen molar-refractivity contribution < 1.29 is 0 Å². The maximum Gasteiger partial charge on any atom is 0.121 e. The number of benzene rings is 1. The molecule has 0 spiro atoms. The van der Waals surface area contributed by atoms with Crippen molar-refractivity contribution in [2.75, 3.05) is 11.9 Å². The Balaban J connectivity index is 2.86. The Morgan fingerprint density at radius 1 is 1.25 bits per heavy atom. The van der Waals surface area contributed by atoms with Crippen molar-refractivity contribution in [1.29, 1.82) is 5.26 Å². The summed E-state index contributed by atoms with van der Waals surface area (Å²) in [7, 11) is 1.96. The van der Waals surface area contributed by atoms with Crippen LogP contribution in [0.5, 0.6) is 0 Å². The molecule has 86 valence electrons. The van der Waals surface area contributed by atoms with Crippen molar-refractivity contribution in [2.24, 2.45) is 0 Å². The van der Waals surface area contributed by atoms with Gasteiger partial charge in [0, 0.05) is 12.7 Å². The van der Waals surface area contributed by atoms with E-state index in [0.717, 1.165) is 12.1 Å². The van der Waals surface area contributed by atoms with Crippen LogP contribution in [0.3, 0.4) is 0 Å². The van der Waals surface area contributed by atoms with Gasteiger partial charge in [0.15, 0.2) is 0 Å². The maximum atomic E-state index is 9.07. The lowest BCUT2D eigenvalue weighted by Crippen LogP contribution is -2.39. The molecule has 0 aromatic heterocycles. The van der Waals surface area contributed by atoms with Crippen LogP contribution < -0.4 is 4.90 Å². The van der Waals surface area contributed by atoms with Gasteiger partial charge >= 0.3 is 0 Å².